The van der Waals surface area contributed by atoms with E-state index in [9.17, 15) is 4.79 Å². The molecule has 2 aromatic carbocycles. The molecule has 0 aliphatic carbocycles. The third-order valence-electron chi connectivity index (χ3n) is 4.79. The van der Waals surface area contributed by atoms with Crippen molar-refractivity contribution in [3.05, 3.63) is 84.8 Å². The van der Waals surface area contributed by atoms with E-state index < -0.39 is 0 Å². The fraction of sp³-hybridized carbons (Fsp3) is 0.208. The van der Waals surface area contributed by atoms with Crippen molar-refractivity contribution in [1.82, 2.24) is 20.1 Å². The standard InChI is InChI=1S/C24H24N4O2S/c1-17(2)21(23(29)25-16-20-14-9-15-30-20)31-24-27-26-22(18-10-5-3-6-11-18)28(24)19-12-7-4-8-13-19/h3-15,17,21H,16H2,1-2H3,(H,25,29). The van der Waals surface area contributed by atoms with Crippen LogP contribution in [0.15, 0.2) is 88.6 Å². The van der Waals surface area contributed by atoms with Crippen molar-refractivity contribution >= 4 is 17.7 Å². The summed E-state index contributed by atoms with van der Waals surface area (Å²) in [6.07, 6.45) is 1.60. The number of carbonyl (C=O) groups is 1. The van der Waals surface area contributed by atoms with Crippen molar-refractivity contribution in [3.8, 4) is 17.1 Å². The fourth-order valence-corrected chi connectivity index (χ4v) is 4.30. The Balaban J connectivity index is 1.64. The van der Waals surface area contributed by atoms with E-state index in [1.54, 1.807) is 6.26 Å². The van der Waals surface area contributed by atoms with Crippen LogP contribution in [0.1, 0.15) is 19.6 Å². The molecule has 31 heavy (non-hydrogen) atoms. The maximum absolute atomic E-state index is 13.0. The minimum absolute atomic E-state index is 0.0553. The van der Waals surface area contributed by atoms with E-state index in [4.69, 9.17) is 4.42 Å². The zero-order valence-electron chi connectivity index (χ0n) is 17.4. The molecular formula is C24H24N4O2S. The molecule has 2 heterocycles. The van der Waals surface area contributed by atoms with Gasteiger partial charge in [-0.25, -0.2) is 0 Å². The van der Waals surface area contributed by atoms with E-state index >= 15 is 0 Å². The molecule has 0 spiro atoms. The van der Waals surface area contributed by atoms with Gasteiger partial charge in [-0.3, -0.25) is 9.36 Å². The van der Waals surface area contributed by atoms with Crippen molar-refractivity contribution in [3.63, 3.8) is 0 Å². The number of thioether (sulfide) groups is 1. The van der Waals surface area contributed by atoms with Gasteiger partial charge in [-0.2, -0.15) is 0 Å². The van der Waals surface area contributed by atoms with Gasteiger partial charge in [0.2, 0.25) is 5.91 Å². The molecule has 7 heteroatoms. The number of para-hydroxylation sites is 1. The summed E-state index contributed by atoms with van der Waals surface area (Å²) in [6.45, 7) is 4.42. The van der Waals surface area contributed by atoms with E-state index in [-0.39, 0.29) is 17.1 Å². The normalized spacial score (nSPS) is 12.1. The van der Waals surface area contributed by atoms with Crippen LogP contribution < -0.4 is 5.32 Å². The summed E-state index contributed by atoms with van der Waals surface area (Å²) in [5.74, 6) is 1.51. The lowest BCUT2D eigenvalue weighted by atomic mass is 10.1. The Morgan fingerprint density at radius 1 is 1.00 bits per heavy atom. The molecule has 1 N–H and O–H groups in total. The number of hydrogen-bond donors (Lipinski definition) is 1. The molecule has 158 valence electrons. The molecule has 4 aromatic rings. The number of benzene rings is 2. The summed E-state index contributed by atoms with van der Waals surface area (Å²) in [4.78, 5) is 13.0. The number of rotatable bonds is 8. The molecule has 1 atom stereocenters. The Kier molecular flexibility index (Phi) is 6.52. The number of nitrogens with one attached hydrogen (secondary N) is 1. The molecule has 0 saturated heterocycles. The molecule has 2 aromatic heterocycles. The summed E-state index contributed by atoms with van der Waals surface area (Å²) in [5.41, 5.74) is 1.92. The summed E-state index contributed by atoms with van der Waals surface area (Å²) >= 11 is 1.43. The Labute approximate surface area is 185 Å². The van der Waals surface area contributed by atoms with Crippen molar-refractivity contribution < 1.29 is 9.21 Å². The van der Waals surface area contributed by atoms with Crippen LogP contribution in [0.3, 0.4) is 0 Å². The van der Waals surface area contributed by atoms with Gasteiger partial charge >= 0.3 is 0 Å². The fourth-order valence-electron chi connectivity index (χ4n) is 3.22. The first kappa shape index (κ1) is 20.9. The molecule has 6 nitrogen and oxygen atoms in total. The van der Waals surface area contributed by atoms with Crippen molar-refractivity contribution in [2.45, 2.75) is 30.8 Å². The summed E-state index contributed by atoms with van der Waals surface area (Å²) in [7, 11) is 0. The van der Waals surface area contributed by atoms with Crippen LogP contribution >= 0.6 is 11.8 Å². The largest absolute Gasteiger partial charge is 0.467 e. The number of aromatic nitrogens is 3. The van der Waals surface area contributed by atoms with Crippen molar-refractivity contribution in [2.75, 3.05) is 0 Å². The van der Waals surface area contributed by atoms with Crippen molar-refractivity contribution in [1.29, 1.82) is 0 Å². The number of furan rings is 1. The molecule has 1 unspecified atom stereocenters. The van der Waals surface area contributed by atoms with Crippen LogP contribution in [0, 0.1) is 5.92 Å². The number of amides is 1. The lowest BCUT2D eigenvalue weighted by Crippen LogP contribution is -2.35. The Hall–Kier alpha value is -3.32. The van der Waals surface area contributed by atoms with E-state index in [1.807, 2.05) is 91.2 Å². The van der Waals surface area contributed by atoms with Crippen molar-refractivity contribution in [2.24, 2.45) is 5.92 Å². The third-order valence-corrected chi connectivity index (χ3v) is 6.28. The maximum atomic E-state index is 13.0. The van der Waals surface area contributed by atoms with Gasteiger partial charge < -0.3 is 9.73 Å². The van der Waals surface area contributed by atoms with Crippen LogP contribution in [0.5, 0.6) is 0 Å². The highest BCUT2D eigenvalue weighted by Crippen LogP contribution is 2.32. The molecule has 0 aliphatic rings. The Morgan fingerprint density at radius 3 is 2.35 bits per heavy atom. The van der Waals surface area contributed by atoms with Crippen LogP contribution in [0.4, 0.5) is 0 Å². The lowest BCUT2D eigenvalue weighted by Gasteiger charge is -2.20. The topological polar surface area (TPSA) is 73.0 Å². The third kappa shape index (κ3) is 4.88. The van der Waals surface area contributed by atoms with Crippen LogP contribution in [-0.2, 0) is 11.3 Å². The average molecular weight is 433 g/mol. The van der Waals surface area contributed by atoms with Gasteiger partial charge in [0.15, 0.2) is 11.0 Å². The second-order valence-electron chi connectivity index (χ2n) is 7.42. The first-order chi connectivity index (χ1) is 15.1. The first-order valence-corrected chi connectivity index (χ1v) is 11.0. The van der Waals surface area contributed by atoms with Crippen LogP contribution in [0.25, 0.3) is 17.1 Å². The smallest absolute Gasteiger partial charge is 0.234 e. The zero-order chi connectivity index (χ0) is 21.6. The number of hydrogen-bond acceptors (Lipinski definition) is 5. The number of carbonyl (C=O) groups excluding carboxylic acids is 1. The van der Waals surface area contributed by atoms with Gasteiger partial charge in [-0.05, 0) is 30.2 Å². The summed E-state index contributed by atoms with van der Waals surface area (Å²) in [6, 6.07) is 23.6. The highest BCUT2D eigenvalue weighted by Gasteiger charge is 2.27. The van der Waals surface area contributed by atoms with Crippen LogP contribution in [0.2, 0.25) is 0 Å². The highest BCUT2D eigenvalue weighted by molar-refractivity contribution is 8.00. The Morgan fingerprint density at radius 2 is 1.71 bits per heavy atom. The van der Waals surface area contributed by atoms with E-state index in [2.05, 4.69) is 15.5 Å². The first-order valence-electron chi connectivity index (χ1n) is 10.2. The summed E-state index contributed by atoms with van der Waals surface area (Å²) < 4.78 is 7.33. The predicted octanol–water partition coefficient (Wildman–Crippen LogP) is 4.96. The van der Waals surface area contributed by atoms with Gasteiger partial charge in [0.1, 0.15) is 5.76 Å². The average Bonchev–Trinajstić information content (AvgIpc) is 3.47. The second-order valence-corrected chi connectivity index (χ2v) is 8.53. The minimum Gasteiger partial charge on any atom is -0.467 e. The maximum Gasteiger partial charge on any atom is 0.234 e. The minimum atomic E-state index is -0.328. The quantitative estimate of drug-likeness (QED) is 0.398. The molecule has 0 radical (unpaired) electrons. The monoisotopic (exact) mass is 432 g/mol. The molecule has 0 saturated carbocycles. The summed E-state index contributed by atoms with van der Waals surface area (Å²) in [5, 5.41) is 12.3. The highest BCUT2D eigenvalue weighted by atomic mass is 32.2. The van der Waals surface area contributed by atoms with Gasteiger partial charge in [-0.1, -0.05) is 74.1 Å². The molecule has 1 amide bonds. The van der Waals surface area contributed by atoms with Gasteiger partial charge in [0.25, 0.3) is 0 Å². The lowest BCUT2D eigenvalue weighted by molar-refractivity contribution is -0.121. The van der Waals surface area contributed by atoms with Gasteiger partial charge in [0.05, 0.1) is 18.1 Å². The number of nitrogens with zero attached hydrogens (tertiary/aromatic N) is 3. The molecule has 0 aliphatic heterocycles. The molecule has 4 rings (SSSR count). The molecule has 0 fully saturated rings. The SMILES string of the molecule is CC(C)C(Sc1nnc(-c2ccccc2)n1-c1ccccc1)C(=O)NCc1ccco1. The van der Waals surface area contributed by atoms with E-state index in [1.165, 1.54) is 11.8 Å². The zero-order valence-corrected chi connectivity index (χ0v) is 18.3. The van der Waals surface area contributed by atoms with E-state index in [0.717, 1.165) is 22.8 Å². The van der Waals surface area contributed by atoms with E-state index in [0.29, 0.717) is 11.7 Å². The van der Waals surface area contributed by atoms with Crippen LogP contribution in [-0.4, -0.2) is 25.9 Å². The molecular weight excluding hydrogens is 408 g/mol. The Bertz CT molecular complexity index is 1110. The predicted molar refractivity (Wildman–Crippen MR) is 122 cm³/mol. The second kappa shape index (κ2) is 9.66. The molecule has 0 bridgehead atoms. The van der Waals surface area contributed by atoms with Gasteiger partial charge in [-0.15, -0.1) is 10.2 Å². The van der Waals surface area contributed by atoms with Gasteiger partial charge in [0, 0.05) is 11.3 Å².